The van der Waals surface area contributed by atoms with Crippen molar-refractivity contribution in [3.8, 4) is 11.6 Å². The molecule has 2 N–H and O–H groups in total. The number of nitrogens with zero attached hydrogens (tertiary/aromatic N) is 4. The number of hydrogen-bond donors (Lipinski definition) is 2. The molecule has 0 amide bonds. The molecule has 34 heavy (non-hydrogen) atoms. The number of benzene rings is 2. The molecule has 2 heterocycles. The Morgan fingerprint density at radius 1 is 1.15 bits per heavy atom. The Morgan fingerprint density at radius 2 is 1.85 bits per heavy atom. The Balaban J connectivity index is 1.70. The van der Waals surface area contributed by atoms with Gasteiger partial charge < -0.3 is 19.7 Å². The van der Waals surface area contributed by atoms with Gasteiger partial charge >= 0.3 is 17.3 Å². The Bertz CT molecular complexity index is 1410. The number of ether oxygens (including phenoxy) is 1. The van der Waals surface area contributed by atoms with Crippen molar-refractivity contribution in [2.75, 3.05) is 5.32 Å². The summed E-state index contributed by atoms with van der Waals surface area (Å²) in [6.07, 6.45) is 1.38. The van der Waals surface area contributed by atoms with Gasteiger partial charge in [-0.25, -0.2) is 19.0 Å². The van der Waals surface area contributed by atoms with Crippen LogP contribution in [0, 0.1) is 0 Å². The molecular formula is C22H18ClN5O6. The Hall–Kier alpha value is -4.38. The van der Waals surface area contributed by atoms with E-state index in [1.165, 1.54) is 17.8 Å². The van der Waals surface area contributed by atoms with Crippen molar-refractivity contribution in [3.05, 3.63) is 92.4 Å². The van der Waals surface area contributed by atoms with Gasteiger partial charge in [0.25, 0.3) is 5.88 Å². The van der Waals surface area contributed by atoms with Crippen LogP contribution in [-0.2, 0) is 11.3 Å². The predicted molar refractivity (Wildman–Crippen MR) is 122 cm³/mol. The van der Waals surface area contributed by atoms with Gasteiger partial charge in [0.1, 0.15) is 18.1 Å². The van der Waals surface area contributed by atoms with E-state index in [0.717, 1.165) is 0 Å². The highest BCUT2D eigenvalue weighted by Crippen LogP contribution is 2.23. The molecule has 2 aromatic heterocycles. The number of hydrogen-bond acceptors (Lipinski definition) is 8. The summed E-state index contributed by atoms with van der Waals surface area (Å²) in [4.78, 5) is 41.1. The number of carbonyl (C=O) groups is 1. The highest BCUT2D eigenvalue weighted by Gasteiger charge is 2.22. The average Bonchev–Trinajstić information content (AvgIpc) is 3.32. The molecule has 0 radical (unpaired) electrons. The second-order valence-electron chi connectivity index (χ2n) is 7.19. The normalized spacial score (nSPS) is 11.7. The van der Waals surface area contributed by atoms with Crippen molar-refractivity contribution in [3.63, 3.8) is 0 Å². The molecule has 4 aromatic rings. The smallest absolute Gasteiger partial charge is 0.355 e. The van der Waals surface area contributed by atoms with Crippen LogP contribution in [0.5, 0.6) is 11.6 Å². The van der Waals surface area contributed by atoms with Crippen molar-refractivity contribution >= 4 is 29.2 Å². The molecule has 2 aromatic carbocycles. The molecule has 1 atom stereocenters. The van der Waals surface area contributed by atoms with Crippen molar-refractivity contribution in [1.82, 2.24) is 19.3 Å². The van der Waals surface area contributed by atoms with Crippen LogP contribution in [0.25, 0.3) is 0 Å². The summed E-state index contributed by atoms with van der Waals surface area (Å²) in [5, 5.41) is 16.5. The number of carboxylic acid groups (broad SMARTS) is 1. The maximum absolute atomic E-state index is 13.2. The summed E-state index contributed by atoms with van der Waals surface area (Å²) in [5.41, 5.74) is -0.604. The zero-order valence-electron chi connectivity index (χ0n) is 17.7. The number of carboxylic acids is 1. The molecule has 12 heteroatoms. The monoisotopic (exact) mass is 483 g/mol. The lowest BCUT2D eigenvalue weighted by molar-refractivity contribution is -0.140. The zero-order chi connectivity index (χ0) is 24.2. The first kappa shape index (κ1) is 22.8. The lowest BCUT2D eigenvalue weighted by atomic mass is 10.2. The van der Waals surface area contributed by atoms with Gasteiger partial charge in [0.2, 0.25) is 5.95 Å². The molecule has 0 unspecified atom stereocenters. The maximum atomic E-state index is 13.2. The first-order chi connectivity index (χ1) is 16.3. The van der Waals surface area contributed by atoms with E-state index in [9.17, 15) is 19.5 Å². The minimum Gasteiger partial charge on any atom is -0.480 e. The number of halogens is 1. The summed E-state index contributed by atoms with van der Waals surface area (Å²) in [6, 6.07) is 13.5. The van der Waals surface area contributed by atoms with Gasteiger partial charge in [0.15, 0.2) is 0 Å². The van der Waals surface area contributed by atoms with E-state index in [0.29, 0.717) is 26.6 Å². The fourth-order valence-corrected chi connectivity index (χ4v) is 3.20. The summed E-state index contributed by atoms with van der Waals surface area (Å²) < 4.78 is 12.0. The van der Waals surface area contributed by atoms with Crippen molar-refractivity contribution in [2.24, 2.45) is 0 Å². The average molecular weight is 484 g/mol. The van der Waals surface area contributed by atoms with E-state index in [2.05, 4.69) is 15.5 Å². The third kappa shape index (κ3) is 4.99. The molecule has 0 aliphatic heterocycles. The summed E-state index contributed by atoms with van der Waals surface area (Å²) >= 11 is 5.94. The van der Waals surface area contributed by atoms with Crippen LogP contribution in [0.15, 0.2) is 75.0 Å². The van der Waals surface area contributed by atoms with Crippen LogP contribution in [0.2, 0.25) is 5.02 Å². The van der Waals surface area contributed by atoms with Crippen LogP contribution in [-0.4, -0.2) is 30.4 Å². The van der Waals surface area contributed by atoms with E-state index < -0.39 is 23.4 Å². The number of aromatic nitrogens is 4. The van der Waals surface area contributed by atoms with Crippen molar-refractivity contribution in [2.45, 2.75) is 19.5 Å². The third-order valence-corrected chi connectivity index (χ3v) is 5.10. The number of anilines is 2. The van der Waals surface area contributed by atoms with Gasteiger partial charge in [0, 0.05) is 16.8 Å². The minimum absolute atomic E-state index is 0.0192. The molecule has 174 valence electrons. The standard InChI is InChI=1S/C22H18ClN5O6/c1-13(19(29)30)28-21(31)25-20(27(22(28)32)12-14-2-4-15(23)5-3-14)24-16-6-8-17(9-7-16)34-18-10-11-33-26-18/h2-11,13H,12H2,1H3,(H,29,30)(H,24,25,31)/t13-/m0/s1. The SMILES string of the molecule is C[C@@H](C(=O)O)n1c(=O)nc(Nc2ccc(Oc3ccon3)cc2)n(Cc2ccc(Cl)cc2)c1=O. The molecule has 0 saturated carbocycles. The highest BCUT2D eigenvalue weighted by atomic mass is 35.5. The summed E-state index contributed by atoms with van der Waals surface area (Å²) in [7, 11) is 0. The second kappa shape index (κ2) is 9.63. The van der Waals surface area contributed by atoms with Gasteiger partial charge in [-0.15, -0.1) is 0 Å². The third-order valence-electron chi connectivity index (χ3n) is 4.85. The minimum atomic E-state index is -1.40. The van der Waals surface area contributed by atoms with Gasteiger partial charge in [0.05, 0.1) is 6.54 Å². The Morgan fingerprint density at radius 3 is 2.47 bits per heavy atom. The number of rotatable bonds is 8. The van der Waals surface area contributed by atoms with Crippen molar-refractivity contribution in [1.29, 1.82) is 0 Å². The van der Waals surface area contributed by atoms with Crippen molar-refractivity contribution < 1.29 is 19.2 Å². The quantitative estimate of drug-likeness (QED) is 0.386. The van der Waals surface area contributed by atoms with Gasteiger partial charge in [-0.1, -0.05) is 23.7 Å². The Labute approximate surface area is 196 Å². The maximum Gasteiger partial charge on any atom is 0.355 e. The fourth-order valence-electron chi connectivity index (χ4n) is 3.07. The molecule has 4 rings (SSSR count). The van der Waals surface area contributed by atoms with Crippen LogP contribution >= 0.6 is 11.6 Å². The van der Waals surface area contributed by atoms with E-state index in [1.54, 1.807) is 54.6 Å². The molecular weight excluding hydrogens is 466 g/mol. The van der Waals surface area contributed by atoms with Gasteiger partial charge in [-0.2, -0.15) is 4.98 Å². The number of aliphatic carboxylic acids is 1. The molecule has 0 bridgehead atoms. The highest BCUT2D eigenvalue weighted by molar-refractivity contribution is 6.30. The van der Waals surface area contributed by atoms with E-state index in [4.69, 9.17) is 20.9 Å². The molecule has 0 saturated heterocycles. The van der Waals surface area contributed by atoms with E-state index in [-0.39, 0.29) is 18.4 Å². The molecule has 0 aliphatic carbocycles. The summed E-state index contributed by atoms with van der Waals surface area (Å²) in [6.45, 7) is 1.26. The lowest BCUT2D eigenvalue weighted by Crippen LogP contribution is -2.45. The molecule has 0 aliphatic rings. The fraction of sp³-hybridized carbons (Fsp3) is 0.136. The van der Waals surface area contributed by atoms with E-state index in [1.807, 2.05) is 0 Å². The van der Waals surface area contributed by atoms with Crippen LogP contribution in [0.1, 0.15) is 18.5 Å². The van der Waals surface area contributed by atoms with Gasteiger partial charge in [-0.05, 0) is 54.0 Å². The van der Waals surface area contributed by atoms with Gasteiger partial charge in [-0.3, -0.25) is 4.57 Å². The first-order valence-electron chi connectivity index (χ1n) is 9.98. The Kier molecular flexibility index (Phi) is 6.46. The molecule has 11 nitrogen and oxygen atoms in total. The molecule has 0 spiro atoms. The van der Waals surface area contributed by atoms with Crippen LogP contribution in [0.3, 0.4) is 0 Å². The lowest BCUT2D eigenvalue weighted by Gasteiger charge is -2.17. The molecule has 0 fully saturated rings. The first-order valence-corrected chi connectivity index (χ1v) is 10.4. The van der Waals surface area contributed by atoms with Crippen LogP contribution in [0.4, 0.5) is 11.6 Å². The summed E-state index contributed by atoms with van der Waals surface area (Å²) in [5.74, 6) is -0.613. The topological polar surface area (TPSA) is 141 Å². The largest absolute Gasteiger partial charge is 0.480 e. The zero-order valence-corrected chi connectivity index (χ0v) is 18.5. The number of nitrogens with one attached hydrogen (secondary N) is 1. The van der Waals surface area contributed by atoms with E-state index >= 15 is 0 Å². The predicted octanol–water partition coefficient (Wildman–Crippen LogP) is 3.28. The van der Waals surface area contributed by atoms with Crippen LogP contribution < -0.4 is 21.4 Å². The second-order valence-corrected chi connectivity index (χ2v) is 7.62.